The summed E-state index contributed by atoms with van der Waals surface area (Å²) in [5.41, 5.74) is 15.2. The number of sulfone groups is 3. The van der Waals surface area contributed by atoms with Crippen molar-refractivity contribution in [1.29, 1.82) is 0 Å². The number of benzene rings is 3. The van der Waals surface area contributed by atoms with E-state index in [-0.39, 0.29) is 46.8 Å². The summed E-state index contributed by atoms with van der Waals surface area (Å²) in [6.45, 7) is 11.0. The van der Waals surface area contributed by atoms with Crippen molar-refractivity contribution in [3.8, 4) is 0 Å². The molecule has 4 aromatic rings. The lowest BCUT2D eigenvalue weighted by molar-refractivity contribution is -0.137. The third-order valence-electron chi connectivity index (χ3n) is 9.82. The summed E-state index contributed by atoms with van der Waals surface area (Å²) in [6, 6.07) is 14.8. The third kappa shape index (κ3) is 10.3. The highest BCUT2D eigenvalue weighted by atomic mass is 32.2. The molecule has 0 saturated carbocycles. The van der Waals surface area contributed by atoms with Crippen LogP contribution in [-0.4, -0.2) is 82.0 Å². The molecule has 0 spiro atoms. The minimum atomic E-state index is -3.33. The zero-order chi connectivity index (χ0) is 42.6. The number of rotatable bonds is 12. The quantitative estimate of drug-likeness (QED) is 0.115. The zero-order valence-electron chi connectivity index (χ0n) is 32.7. The average molecular weight is 846 g/mol. The Bertz CT molecular complexity index is 2380. The van der Waals surface area contributed by atoms with E-state index in [1.165, 1.54) is 0 Å². The van der Waals surface area contributed by atoms with E-state index in [0.717, 1.165) is 33.4 Å². The van der Waals surface area contributed by atoms with Crippen LogP contribution in [0.2, 0.25) is 0 Å². The molecular formula is C39H51N5O10S3. The molecule has 6 rings (SSSR count). The van der Waals surface area contributed by atoms with E-state index in [1.807, 2.05) is 0 Å². The SMILES string of the molecule is CC(C)S(=O)(=O)c1ccc2[nH]cc(CC(N)=O)c2c1.CC(C)S(=O)(=O)c1ccc2c(c1)C(CC(=O)O)CN2.CC(C)S(=O)(=O)c1ccc2c(c1)C(CC(N)=O)CN2. The van der Waals surface area contributed by atoms with Crippen LogP contribution in [0.25, 0.3) is 10.9 Å². The molecule has 3 heterocycles. The summed E-state index contributed by atoms with van der Waals surface area (Å²) in [5.74, 6) is -1.92. The number of hydrogen-bond donors (Lipinski definition) is 6. The lowest BCUT2D eigenvalue weighted by Crippen LogP contribution is -2.17. The Hall–Kier alpha value is -4.94. The van der Waals surface area contributed by atoms with Crippen molar-refractivity contribution in [1.82, 2.24) is 4.98 Å². The topological polar surface area (TPSA) is 266 Å². The fraction of sp³-hybridized carbons (Fsp3) is 0.410. The van der Waals surface area contributed by atoms with Gasteiger partial charge in [0.1, 0.15) is 0 Å². The Morgan fingerprint density at radius 2 is 1.07 bits per heavy atom. The first-order chi connectivity index (χ1) is 26.5. The third-order valence-corrected chi connectivity index (χ3v) is 16.3. The molecule has 310 valence electrons. The Morgan fingerprint density at radius 1 is 0.649 bits per heavy atom. The number of nitrogens with one attached hydrogen (secondary N) is 3. The molecule has 1 aromatic heterocycles. The van der Waals surface area contributed by atoms with Crippen LogP contribution in [0.4, 0.5) is 11.4 Å². The molecule has 8 N–H and O–H groups in total. The highest BCUT2D eigenvalue weighted by Crippen LogP contribution is 2.37. The Balaban J connectivity index is 0.000000189. The fourth-order valence-electron chi connectivity index (χ4n) is 6.42. The van der Waals surface area contributed by atoms with Crippen LogP contribution in [0.3, 0.4) is 0 Å². The Labute approximate surface area is 333 Å². The van der Waals surface area contributed by atoms with Gasteiger partial charge in [0.15, 0.2) is 29.5 Å². The first-order valence-corrected chi connectivity index (χ1v) is 23.0. The smallest absolute Gasteiger partial charge is 0.304 e. The van der Waals surface area contributed by atoms with Gasteiger partial charge in [-0.3, -0.25) is 14.4 Å². The number of aromatic amines is 1. The van der Waals surface area contributed by atoms with Gasteiger partial charge in [-0.1, -0.05) is 0 Å². The summed E-state index contributed by atoms with van der Waals surface area (Å²) in [6.07, 6.45) is 2.00. The van der Waals surface area contributed by atoms with E-state index >= 15 is 0 Å². The van der Waals surface area contributed by atoms with Crippen molar-refractivity contribution >= 4 is 69.6 Å². The number of carbonyl (C=O) groups excluding carboxylic acids is 2. The second-order valence-electron chi connectivity index (χ2n) is 14.9. The predicted octanol–water partition coefficient (Wildman–Crippen LogP) is 4.48. The minimum Gasteiger partial charge on any atom is -0.481 e. The maximum Gasteiger partial charge on any atom is 0.304 e. The molecule has 0 bridgehead atoms. The molecule has 2 unspecified atom stereocenters. The number of aliphatic carboxylic acids is 1. The second-order valence-corrected chi connectivity index (χ2v) is 22.4. The van der Waals surface area contributed by atoms with Crippen LogP contribution >= 0.6 is 0 Å². The molecule has 0 saturated heterocycles. The van der Waals surface area contributed by atoms with Crippen molar-refractivity contribution in [2.75, 3.05) is 23.7 Å². The molecular weight excluding hydrogens is 795 g/mol. The van der Waals surface area contributed by atoms with Crippen molar-refractivity contribution in [3.63, 3.8) is 0 Å². The number of carboxylic acid groups (broad SMARTS) is 1. The normalized spacial score (nSPS) is 16.2. The van der Waals surface area contributed by atoms with Crippen LogP contribution in [0, 0.1) is 0 Å². The van der Waals surface area contributed by atoms with Gasteiger partial charge in [-0.25, -0.2) is 25.3 Å². The van der Waals surface area contributed by atoms with E-state index < -0.39 is 57.1 Å². The van der Waals surface area contributed by atoms with Gasteiger partial charge in [0.05, 0.1) is 43.3 Å². The van der Waals surface area contributed by atoms with Gasteiger partial charge in [0.25, 0.3) is 0 Å². The Kier molecular flexibility index (Phi) is 13.9. The number of carboxylic acids is 1. The number of amides is 2. The lowest BCUT2D eigenvalue weighted by atomic mass is 9.98. The van der Waals surface area contributed by atoms with Gasteiger partial charge in [0.2, 0.25) is 11.8 Å². The second kappa shape index (κ2) is 17.7. The minimum absolute atomic E-state index is 0.00514. The largest absolute Gasteiger partial charge is 0.481 e. The summed E-state index contributed by atoms with van der Waals surface area (Å²) in [4.78, 5) is 36.7. The first-order valence-electron chi connectivity index (χ1n) is 18.3. The van der Waals surface area contributed by atoms with Crippen molar-refractivity contribution in [2.24, 2.45) is 11.5 Å². The van der Waals surface area contributed by atoms with Gasteiger partial charge < -0.3 is 32.2 Å². The number of nitrogens with two attached hydrogens (primary N) is 2. The molecule has 0 aliphatic carbocycles. The molecule has 18 heteroatoms. The maximum absolute atomic E-state index is 12.1. The van der Waals surface area contributed by atoms with Crippen LogP contribution in [0.15, 0.2) is 75.5 Å². The molecule has 0 radical (unpaired) electrons. The number of fused-ring (bicyclic) bond motifs is 3. The number of carbonyl (C=O) groups is 3. The number of primary amides is 2. The number of hydrogen-bond acceptors (Lipinski definition) is 11. The molecule has 0 fully saturated rings. The summed E-state index contributed by atoms with van der Waals surface area (Å²) < 4.78 is 72.8. The van der Waals surface area contributed by atoms with Gasteiger partial charge in [-0.15, -0.1) is 0 Å². The van der Waals surface area contributed by atoms with Crippen LogP contribution in [-0.2, 0) is 50.3 Å². The van der Waals surface area contributed by atoms with E-state index in [0.29, 0.717) is 23.5 Å². The van der Waals surface area contributed by atoms with Crippen molar-refractivity contribution in [2.45, 2.75) is 103 Å². The average Bonchev–Trinajstić information content (AvgIpc) is 3.84. The number of aromatic nitrogens is 1. The van der Waals surface area contributed by atoms with Gasteiger partial charge in [-0.2, -0.15) is 0 Å². The van der Waals surface area contributed by atoms with Crippen LogP contribution in [0.1, 0.15) is 82.9 Å². The summed E-state index contributed by atoms with van der Waals surface area (Å²) in [5, 5.41) is 14.4. The monoisotopic (exact) mass is 845 g/mol. The van der Waals surface area contributed by atoms with E-state index in [4.69, 9.17) is 16.6 Å². The highest BCUT2D eigenvalue weighted by Gasteiger charge is 2.29. The molecule has 3 aromatic carbocycles. The van der Waals surface area contributed by atoms with Crippen LogP contribution in [0.5, 0.6) is 0 Å². The van der Waals surface area contributed by atoms with E-state index in [1.54, 1.807) is 102 Å². The number of anilines is 2. The molecule has 15 nitrogen and oxygen atoms in total. The highest BCUT2D eigenvalue weighted by molar-refractivity contribution is 7.92. The zero-order valence-corrected chi connectivity index (χ0v) is 35.1. The molecule has 2 aliphatic rings. The summed E-state index contributed by atoms with van der Waals surface area (Å²) in [7, 11) is -9.94. The van der Waals surface area contributed by atoms with Gasteiger partial charge >= 0.3 is 5.97 Å². The fourth-order valence-corrected chi connectivity index (χ4v) is 9.69. The summed E-state index contributed by atoms with van der Waals surface area (Å²) >= 11 is 0. The van der Waals surface area contributed by atoms with Crippen LogP contribution < -0.4 is 22.1 Å². The Morgan fingerprint density at radius 3 is 1.47 bits per heavy atom. The van der Waals surface area contributed by atoms with Gasteiger partial charge in [0, 0.05) is 59.8 Å². The molecule has 57 heavy (non-hydrogen) atoms. The van der Waals surface area contributed by atoms with E-state index in [2.05, 4.69) is 15.6 Å². The molecule has 2 amide bonds. The standard InChI is InChI=1S/C13H18N2O3S.C13H16N2O3S.C13H17NO4S/c2*1-8(2)19(17,18)10-3-4-12-11(6-10)9(7-15-12)5-13(14)16;1-8(2)19(17,18)10-3-4-12-11(6-10)9(7-14-12)5-13(15)16/h3-4,6,8-9,15H,5,7H2,1-2H3,(H2,14,16);3-4,6-8,15H,5H2,1-2H3,(H2,14,16);3-4,6,8-9,14H,5,7H2,1-2H3,(H,15,16). The predicted molar refractivity (Wildman–Crippen MR) is 220 cm³/mol. The van der Waals surface area contributed by atoms with E-state index in [9.17, 15) is 39.6 Å². The number of H-pyrrole nitrogens is 1. The molecule has 2 atom stereocenters. The first kappa shape index (κ1) is 44.8. The van der Waals surface area contributed by atoms with Gasteiger partial charge in [-0.05, 0) is 113 Å². The van der Waals surface area contributed by atoms with Crippen molar-refractivity contribution < 1.29 is 44.7 Å². The molecule has 2 aliphatic heterocycles. The lowest BCUT2D eigenvalue weighted by Gasteiger charge is -2.11. The van der Waals surface area contributed by atoms with Crippen molar-refractivity contribution in [3.05, 3.63) is 77.5 Å². The maximum atomic E-state index is 12.1.